The number of alkyl halides is 1. The van der Waals surface area contributed by atoms with Crippen molar-refractivity contribution in [2.75, 3.05) is 5.88 Å². The number of benzene rings is 1. The Hall–Kier alpha value is -0.940. The summed E-state index contributed by atoms with van der Waals surface area (Å²) in [6, 6.07) is 4.69. The van der Waals surface area contributed by atoms with Gasteiger partial charge in [-0.05, 0) is 31.0 Å². The van der Waals surface area contributed by atoms with E-state index in [-0.39, 0.29) is 5.82 Å². The molecule has 0 fully saturated rings. The lowest BCUT2D eigenvalue weighted by molar-refractivity contribution is 0.606. The Balaban J connectivity index is 2.27. The second-order valence-electron chi connectivity index (χ2n) is 3.54. The molecule has 1 aromatic heterocycles. The highest BCUT2D eigenvalue weighted by Crippen LogP contribution is 2.18. The van der Waals surface area contributed by atoms with E-state index in [9.17, 15) is 4.39 Å². The van der Waals surface area contributed by atoms with Crippen LogP contribution in [0.15, 0.2) is 28.9 Å². The standard InChI is InChI=1S/C11H10BrClFN3/c12-8-3-4-10(14)11(6-8)17-7-9(15-16-17)2-1-5-13/h3-4,6-7H,1-2,5H2. The molecule has 0 aliphatic carbocycles. The van der Waals surface area contributed by atoms with Gasteiger partial charge in [0, 0.05) is 10.4 Å². The van der Waals surface area contributed by atoms with E-state index >= 15 is 0 Å². The van der Waals surface area contributed by atoms with Gasteiger partial charge in [0.05, 0.1) is 11.9 Å². The predicted molar refractivity (Wildman–Crippen MR) is 68.1 cm³/mol. The van der Waals surface area contributed by atoms with Gasteiger partial charge in [-0.15, -0.1) is 16.7 Å². The maximum Gasteiger partial charge on any atom is 0.148 e. The van der Waals surface area contributed by atoms with Crippen molar-refractivity contribution in [1.82, 2.24) is 15.0 Å². The van der Waals surface area contributed by atoms with E-state index in [4.69, 9.17) is 11.6 Å². The summed E-state index contributed by atoms with van der Waals surface area (Å²) in [6.07, 6.45) is 3.30. The van der Waals surface area contributed by atoms with E-state index in [0.717, 1.165) is 23.0 Å². The normalized spacial score (nSPS) is 10.8. The van der Waals surface area contributed by atoms with Crippen LogP contribution < -0.4 is 0 Å². The fraction of sp³-hybridized carbons (Fsp3) is 0.273. The van der Waals surface area contributed by atoms with Crippen LogP contribution in [0.5, 0.6) is 0 Å². The van der Waals surface area contributed by atoms with E-state index in [2.05, 4.69) is 26.2 Å². The van der Waals surface area contributed by atoms with Crippen molar-refractivity contribution in [3.05, 3.63) is 40.4 Å². The van der Waals surface area contributed by atoms with Crippen molar-refractivity contribution in [3.63, 3.8) is 0 Å². The molecule has 0 amide bonds. The molecule has 3 nitrogen and oxygen atoms in total. The summed E-state index contributed by atoms with van der Waals surface area (Å²) in [7, 11) is 0. The molecule has 0 atom stereocenters. The molecule has 0 radical (unpaired) electrons. The molecule has 90 valence electrons. The molecule has 0 saturated carbocycles. The van der Waals surface area contributed by atoms with E-state index in [1.165, 1.54) is 10.7 Å². The van der Waals surface area contributed by atoms with E-state index in [1.807, 2.05) is 0 Å². The molecule has 0 unspecified atom stereocenters. The fourth-order valence-corrected chi connectivity index (χ4v) is 1.92. The largest absolute Gasteiger partial charge is 0.217 e. The van der Waals surface area contributed by atoms with Gasteiger partial charge in [0.15, 0.2) is 0 Å². The number of rotatable bonds is 4. The number of hydrogen-bond donors (Lipinski definition) is 0. The molecule has 0 bridgehead atoms. The molecule has 2 rings (SSSR count). The Morgan fingerprint density at radius 3 is 3.00 bits per heavy atom. The van der Waals surface area contributed by atoms with Crippen molar-refractivity contribution >= 4 is 27.5 Å². The first-order valence-electron chi connectivity index (χ1n) is 5.13. The lowest BCUT2D eigenvalue weighted by atomic mass is 10.2. The zero-order valence-corrected chi connectivity index (χ0v) is 11.2. The summed E-state index contributed by atoms with van der Waals surface area (Å²) in [5.41, 5.74) is 1.19. The van der Waals surface area contributed by atoms with Crippen LogP contribution in [0, 0.1) is 5.82 Å². The minimum absolute atomic E-state index is 0.331. The Labute approximate surface area is 112 Å². The number of aromatic nitrogens is 3. The minimum Gasteiger partial charge on any atom is -0.217 e. The van der Waals surface area contributed by atoms with Crippen molar-refractivity contribution in [2.45, 2.75) is 12.8 Å². The Morgan fingerprint density at radius 1 is 1.41 bits per heavy atom. The van der Waals surface area contributed by atoms with Crippen molar-refractivity contribution in [1.29, 1.82) is 0 Å². The average Bonchev–Trinajstić information content (AvgIpc) is 2.78. The van der Waals surface area contributed by atoms with Crippen molar-refractivity contribution in [2.24, 2.45) is 0 Å². The highest BCUT2D eigenvalue weighted by atomic mass is 79.9. The van der Waals surface area contributed by atoms with Gasteiger partial charge >= 0.3 is 0 Å². The maximum absolute atomic E-state index is 13.6. The lowest BCUT2D eigenvalue weighted by Crippen LogP contribution is -1.98. The highest BCUT2D eigenvalue weighted by Gasteiger charge is 2.08. The molecule has 0 aliphatic rings. The SMILES string of the molecule is Fc1ccc(Br)cc1-n1cc(CCCCl)nn1. The summed E-state index contributed by atoms with van der Waals surface area (Å²) in [5, 5.41) is 7.88. The van der Waals surface area contributed by atoms with Crippen LogP contribution in [0.1, 0.15) is 12.1 Å². The maximum atomic E-state index is 13.6. The van der Waals surface area contributed by atoms with Crippen molar-refractivity contribution < 1.29 is 4.39 Å². The van der Waals surface area contributed by atoms with Crippen molar-refractivity contribution in [3.8, 4) is 5.69 Å². The first-order chi connectivity index (χ1) is 8.20. The second-order valence-corrected chi connectivity index (χ2v) is 4.84. The van der Waals surface area contributed by atoms with Crippen LogP contribution >= 0.6 is 27.5 Å². The van der Waals surface area contributed by atoms with Gasteiger partial charge in [0.2, 0.25) is 0 Å². The molecule has 17 heavy (non-hydrogen) atoms. The van der Waals surface area contributed by atoms with Crippen LogP contribution in [0.25, 0.3) is 5.69 Å². The fourth-order valence-electron chi connectivity index (χ4n) is 1.44. The molecule has 0 saturated heterocycles. The summed E-state index contributed by atoms with van der Waals surface area (Å²) >= 11 is 8.90. The van der Waals surface area contributed by atoms with Gasteiger partial charge in [0.1, 0.15) is 11.5 Å². The second kappa shape index (κ2) is 5.60. The molecule has 0 spiro atoms. The molecule has 0 N–H and O–H groups in total. The third kappa shape index (κ3) is 3.04. The summed E-state index contributed by atoms with van der Waals surface area (Å²) in [5.74, 6) is 0.250. The van der Waals surface area contributed by atoms with Gasteiger partial charge in [-0.25, -0.2) is 9.07 Å². The minimum atomic E-state index is -0.331. The molecular formula is C11H10BrClFN3. The molecule has 2 aromatic rings. The third-order valence-electron chi connectivity index (χ3n) is 2.26. The van der Waals surface area contributed by atoms with Crippen LogP contribution in [-0.4, -0.2) is 20.9 Å². The van der Waals surface area contributed by atoms with Crippen LogP contribution in [-0.2, 0) is 6.42 Å². The zero-order chi connectivity index (χ0) is 12.3. The number of nitrogens with zero attached hydrogens (tertiary/aromatic N) is 3. The van der Waals surface area contributed by atoms with Gasteiger partial charge in [-0.2, -0.15) is 0 Å². The molecular weight excluding hydrogens is 308 g/mol. The topological polar surface area (TPSA) is 30.7 Å². The molecule has 1 aromatic carbocycles. The van der Waals surface area contributed by atoms with E-state index < -0.39 is 0 Å². The van der Waals surface area contributed by atoms with Gasteiger partial charge in [-0.3, -0.25) is 0 Å². The lowest BCUT2D eigenvalue weighted by Gasteiger charge is -2.02. The smallest absolute Gasteiger partial charge is 0.148 e. The zero-order valence-electron chi connectivity index (χ0n) is 8.91. The molecule has 0 aliphatic heterocycles. The number of halogens is 3. The van der Waals surface area contributed by atoms with Crippen LogP contribution in [0.2, 0.25) is 0 Å². The van der Waals surface area contributed by atoms with Crippen LogP contribution in [0.3, 0.4) is 0 Å². The number of aryl methyl sites for hydroxylation is 1. The molecule has 6 heteroatoms. The summed E-state index contributed by atoms with van der Waals surface area (Å²) in [4.78, 5) is 0. The Morgan fingerprint density at radius 2 is 2.24 bits per heavy atom. The first-order valence-corrected chi connectivity index (χ1v) is 6.46. The predicted octanol–water partition coefficient (Wildman–Crippen LogP) is 3.34. The van der Waals surface area contributed by atoms with E-state index in [1.54, 1.807) is 18.3 Å². The summed E-state index contributed by atoms with van der Waals surface area (Å²) in [6.45, 7) is 0. The Kier molecular flexibility index (Phi) is 4.12. The molecule has 1 heterocycles. The van der Waals surface area contributed by atoms with E-state index in [0.29, 0.717) is 11.6 Å². The third-order valence-corrected chi connectivity index (χ3v) is 3.02. The van der Waals surface area contributed by atoms with Gasteiger partial charge in [-0.1, -0.05) is 21.1 Å². The summed E-state index contributed by atoms with van der Waals surface area (Å²) < 4.78 is 15.8. The highest BCUT2D eigenvalue weighted by molar-refractivity contribution is 9.10. The first kappa shape index (κ1) is 12.5. The van der Waals surface area contributed by atoms with Gasteiger partial charge in [0.25, 0.3) is 0 Å². The Bertz CT molecular complexity index is 515. The van der Waals surface area contributed by atoms with Crippen LogP contribution in [0.4, 0.5) is 4.39 Å². The number of hydrogen-bond acceptors (Lipinski definition) is 2. The monoisotopic (exact) mass is 317 g/mol. The van der Waals surface area contributed by atoms with Gasteiger partial charge < -0.3 is 0 Å². The quantitative estimate of drug-likeness (QED) is 0.810. The average molecular weight is 319 g/mol.